The van der Waals surface area contributed by atoms with E-state index < -0.39 is 6.67 Å². The summed E-state index contributed by atoms with van der Waals surface area (Å²) in [6.07, 6.45) is 0.612. The SMILES string of the molecule is CCc1nc2sc(C)c(-c3ccc(C)c(C)c3)c2c(=O)n1CCF. The summed E-state index contributed by atoms with van der Waals surface area (Å²) < 4.78 is 14.4. The molecule has 0 saturated heterocycles. The summed E-state index contributed by atoms with van der Waals surface area (Å²) in [5, 5.41) is 0.617. The largest absolute Gasteiger partial charge is 0.293 e. The Balaban J connectivity index is 2.36. The lowest BCUT2D eigenvalue weighted by Crippen LogP contribution is -2.25. The van der Waals surface area contributed by atoms with Crippen molar-refractivity contribution in [1.82, 2.24) is 9.55 Å². The van der Waals surface area contributed by atoms with Gasteiger partial charge in [0.1, 0.15) is 17.3 Å². The highest BCUT2D eigenvalue weighted by Gasteiger charge is 2.19. The molecule has 0 aliphatic carbocycles. The van der Waals surface area contributed by atoms with Crippen LogP contribution in [0.1, 0.15) is 28.8 Å². The lowest BCUT2D eigenvalue weighted by atomic mass is 9.99. The van der Waals surface area contributed by atoms with Gasteiger partial charge in [-0.05, 0) is 37.5 Å². The molecule has 0 unspecified atom stereocenters. The molecular formula is C19H21FN2OS. The summed E-state index contributed by atoms with van der Waals surface area (Å²) >= 11 is 1.54. The molecule has 3 aromatic rings. The molecule has 3 rings (SSSR count). The van der Waals surface area contributed by atoms with Crippen molar-refractivity contribution in [2.45, 2.75) is 40.7 Å². The van der Waals surface area contributed by atoms with Gasteiger partial charge in [0.15, 0.2) is 0 Å². The minimum Gasteiger partial charge on any atom is -0.293 e. The molecule has 24 heavy (non-hydrogen) atoms. The first-order valence-corrected chi connectivity index (χ1v) is 8.96. The number of fused-ring (bicyclic) bond motifs is 1. The van der Waals surface area contributed by atoms with Gasteiger partial charge < -0.3 is 0 Å². The number of alkyl halides is 1. The highest BCUT2D eigenvalue weighted by atomic mass is 32.1. The van der Waals surface area contributed by atoms with Gasteiger partial charge in [-0.3, -0.25) is 9.36 Å². The number of benzene rings is 1. The van der Waals surface area contributed by atoms with Crippen molar-refractivity contribution in [2.75, 3.05) is 6.67 Å². The van der Waals surface area contributed by atoms with Gasteiger partial charge in [0.2, 0.25) is 0 Å². The number of nitrogens with zero attached hydrogens (tertiary/aromatic N) is 2. The predicted octanol–water partition coefficient (Wildman–Crippen LogP) is 4.58. The fourth-order valence-corrected chi connectivity index (χ4v) is 4.12. The molecule has 0 saturated carbocycles. The van der Waals surface area contributed by atoms with Crippen LogP contribution < -0.4 is 5.56 Å². The third-order valence-corrected chi connectivity index (χ3v) is 5.49. The minimum absolute atomic E-state index is 0.0617. The maximum atomic E-state index is 13.0. The van der Waals surface area contributed by atoms with Crippen molar-refractivity contribution in [1.29, 1.82) is 0 Å². The zero-order valence-electron chi connectivity index (χ0n) is 14.4. The van der Waals surface area contributed by atoms with Crippen LogP contribution in [0.4, 0.5) is 4.39 Å². The van der Waals surface area contributed by atoms with Gasteiger partial charge >= 0.3 is 0 Å². The van der Waals surface area contributed by atoms with Gasteiger partial charge in [-0.25, -0.2) is 9.37 Å². The minimum atomic E-state index is -0.567. The molecule has 0 fully saturated rings. The summed E-state index contributed by atoms with van der Waals surface area (Å²) in [6.45, 7) is 7.58. The van der Waals surface area contributed by atoms with Crippen molar-refractivity contribution < 1.29 is 4.39 Å². The Labute approximate surface area is 144 Å². The van der Waals surface area contributed by atoms with Gasteiger partial charge in [0.05, 0.1) is 11.9 Å². The Morgan fingerprint density at radius 1 is 1.21 bits per heavy atom. The Bertz CT molecular complexity index is 972. The molecule has 0 radical (unpaired) electrons. The Morgan fingerprint density at radius 3 is 2.58 bits per heavy atom. The van der Waals surface area contributed by atoms with Crippen LogP contribution in [0, 0.1) is 20.8 Å². The molecular weight excluding hydrogens is 323 g/mol. The average Bonchev–Trinajstić information content (AvgIpc) is 2.89. The van der Waals surface area contributed by atoms with Gasteiger partial charge in [-0.1, -0.05) is 25.1 Å². The van der Waals surface area contributed by atoms with E-state index >= 15 is 0 Å². The fraction of sp³-hybridized carbons (Fsp3) is 0.368. The number of aromatic nitrogens is 2. The molecule has 1 aromatic carbocycles. The molecule has 2 heterocycles. The second kappa shape index (κ2) is 6.48. The zero-order valence-corrected chi connectivity index (χ0v) is 15.3. The molecule has 0 atom stereocenters. The average molecular weight is 344 g/mol. The van der Waals surface area contributed by atoms with E-state index in [4.69, 9.17) is 0 Å². The third kappa shape index (κ3) is 2.67. The van der Waals surface area contributed by atoms with E-state index in [1.807, 2.05) is 19.9 Å². The highest BCUT2D eigenvalue weighted by Crippen LogP contribution is 2.36. The quantitative estimate of drug-likeness (QED) is 0.694. The van der Waals surface area contributed by atoms with Crippen LogP contribution in [0.2, 0.25) is 0 Å². The molecule has 126 valence electrons. The number of hydrogen-bond acceptors (Lipinski definition) is 3. The topological polar surface area (TPSA) is 34.9 Å². The van der Waals surface area contributed by atoms with E-state index in [0.717, 1.165) is 20.8 Å². The molecule has 0 spiro atoms. The first kappa shape index (κ1) is 16.8. The van der Waals surface area contributed by atoms with Crippen LogP contribution in [-0.4, -0.2) is 16.2 Å². The van der Waals surface area contributed by atoms with E-state index in [-0.39, 0.29) is 12.1 Å². The van der Waals surface area contributed by atoms with Crippen LogP contribution in [0.15, 0.2) is 23.0 Å². The van der Waals surface area contributed by atoms with Crippen LogP contribution in [0.5, 0.6) is 0 Å². The van der Waals surface area contributed by atoms with E-state index in [9.17, 15) is 9.18 Å². The maximum Gasteiger partial charge on any atom is 0.263 e. The summed E-state index contributed by atoms with van der Waals surface area (Å²) in [5.74, 6) is 0.651. The zero-order chi connectivity index (χ0) is 17.4. The van der Waals surface area contributed by atoms with E-state index in [1.165, 1.54) is 27.0 Å². The number of rotatable bonds is 4. The standard InChI is InChI=1S/C19H21FN2OS/c1-5-15-21-18-17(19(23)22(15)9-8-20)16(13(4)24-18)14-7-6-11(2)12(3)10-14/h6-7,10H,5,8-9H2,1-4H3. The van der Waals surface area contributed by atoms with Crippen molar-refractivity contribution in [2.24, 2.45) is 0 Å². The summed E-state index contributed by atoms with van der Waals surface area (Å²) in [6, 6.07) is 6.22. The van der Waals surface area contributed by atoms with Crippen LogP contribution in [-0.2, 0) is 13.0 Å². The molecule has 5 heteroatoms. The van der Waals surface area contributed by atoms with Crippen molar-refractivity contribution in [3.05, 3.63) is 50.4 Å². The first-order valence-electron chi connectivity index (χ1n) is 8.14. The van der Waals surface area contributed by atoms with Gasteiger partial charge in [-0.15, -0.1) is 11.3 Å². The van der Waals surface area contributed by atoms with E-state index in [2.05, 4.69) is 31.0 Å². The molecule has 0 N–H and O–H groups in total. The van der Waals surface area contributed by atoms with Gasteiger partial charge in [0, 0.05) is 16.9 Å². The summed E-state index contributed by atoms with van der Waals surface area (Å²) in [5.41, 5.74) is 4.24. The number of aryl methyl sites for hydroxylation is 4. The lowest BCUT2D eigenvalue weighted by Gasteiger charge is -2.10. The maximum absolute atomic E-state index is 13.0. The predicted molar refractivity (Wildman–Crippen MR) is 98.9 cm³/mol. The molecule has 0 aliphatic rings. The van der Waals surface area contributed by atoms with Crippen molar-refractivity contribution in [3.63, 3.8) is 0 Å². The molecule has 0 bridgehead atoms. The molecule has 0 amide bonds. The third-order valence-electron chi connectivity index (χ3n) is 4.49. The molecule has 0 aliphatic heterocycles. The van der Waals surface area contributed by atoms with Gasteiger partial charge in [0.25, 0.3) is 5.56 Å². The Morgan fingerprint density at radius 2 is 1.96 bits per heavy atom. The summed E-state index contributed by atoms with van der Waals surface area (Å²) in [4.78, 5) is 19.5. The van der Waals surface area contributed by atoms with Crippen LogP contribution in [0.3, 0.4) is 0 Å². The van der Waals surface area contributed by atoms with Crippen molar-refractivity contribution >= 4 is 21.6 Å². The monoisotopic (exact) mass is 344 g/mol. The van der Waals surface area contributed by atoms with Gasteiger partial charge in [-0.2, -0.15) is 0 Å². The highest BCUT2D eigenvalue weighted by molar-refractivity contribution is 7.19. The number of halogens is 1. The van der Waals surface area contributed by atoms with Crippen molar-refractivity contribution in [3.8, 4) is 11.1 Å². The van der Waals surface area contributed by atoms with E-state index in [1.54, 1.807) is 0 Å². The Hall–Kier alpha value is -2.01. The normalized spacial score (nSPS) is 11.4. The molecule has 2 aromatic heterocycles. The second-order valence-corrected chi connectivity index (χ2v) is 7.24. The molecule has 3 nitrogen and oxygen atoms in total. The number of hydrogen-bond donors (Lipinski definition) is 0. The fourth-order valence-electron chi connectivity index (χ4n) is 3.07. The Kier molecular flexibility index (Phi) is 4.54. The lowest BCUT2D eigenvalue weighted by molar-refractivity contribution is 0.432. The second-order valence-electron chi connectivity index (χ2n) is 6.04. The van der Waals surface area contributed by atoms with Crippen LogP contribution in [0.25, 0.3) is 21.3 Å². The number of thiophene rings is 1. The van der Waals surface area contributed by atoms with Crippen LogP contribution >= 0.6 is 11.3 Å². The summed E-state index contributed by atoms with van der Waals surface area (Å²) in [7, 11) is 0. The smallest absolute Gasteiger partial charge is 0.263 e. The first-order chi connectivity index (χ1) is 11.5. The van der Waals surface area contributed by atoms with E-state index in [0.29, 0.717) is 17.6 Å².